The summed E-state index contributed by atoms with van der Waals surface area (Å²) in [6, 6.07) is 7.83. The standard InChI is InChI=1S/C12H15NO3/c1-9-5-3-4-6-10(9)13-12(7-16-8-12)11(14)15-2/h3-6,13H,7-8H2,1-2H3. The van der Waals surface area contributed by atoms with Gasteiger partial charge in [-0.25, -0.2) is 4.79 Å². The minimum Gasteiger partial charge on any atom is -0.467 e. The summed E-state index contributed by atoms with van der Waals surface area (Å²) >= 11 is 0. The molecule has 2 rings (SSSR count). The highest BCUT2D eigenvalue weighted by Gasteiger charge is 2.47. The van der Waals surface area contributed by atoms with Gasteiger partial charge in [-0.3, -0.25) is 0 Å². The summed E-state index contributed by atoms with van der Waals surface area (Å²) in [5, 5.41) is 3.21. The molecule has 1 saturated heterocycles. The molecule has 0 unspecified atom stereocenters. The van der Waals surface area contributed by atoms with Gasteiger partial charge in [0.25, 0.3) is 0 Å². The third kappa shape index (κ3) is 1.76. The van der Waals surface area contributed by atoms with Gasteiger partial charge in [-0.05, 0) is 18.6 Å². The van der Waals surface area contributed by atoms with Gasteiger partial charge in [-0.2, -0.15) is 0 Å². The fourth-order valence-electron chi connectivity index (χ4n) is 1.71. The summed E-state index contributed by atoms with van der Waals surface area (Å²) in [5.41, 5.74) is 1.33. The van der Waals surface area contributed by atoms with Crippen LogP contribution in [0.2, 0.25) is 0 Å². The first-order valence-corrected chi connectivity index (χ1v) is 5.18. The molecule has 0 radical (unpaired) electrons. The van der Waals surface area contributed by atoms with Gasteiger partial charge in [0.2, 0.25) is 0 Å². The molecule has 1 fully saturated rings. The van der Waals surface area contributed by atoms with Crippen LogP contribution in [0.15, 0.2) is 24.3 Å². The Morgan fingerprint density at radius 3 is 2.62 bits per heavy atom. The maximum Gasteiger partial charge on any atom is 0.336 e. The Morgan fingerprint density at radius 1 is 1.44 bits per heavy atom. The number of rotatable bonds is 3. The van der Waals surface area contributed by atoms with Gasteiger partial charge in [0.05, 0.1) is 20.3 Å². The van der Waals surface area contributed by atoms with Crippen molar-refractivity contribution < 1.29 is 14.3 Å². The lowest BCUT2D eigenvalue weighted by molar-refractivity contribution is -0.161. The first kappa shape index (κ1) is 11.0. The normalized spacial score (nSPS) is 17.4. The molecule has 1 aliphatic rings. The number of aryl methyl sites for hydroxylation is 1. The number of methoxy groups -OCH3 is 1. The van der Waals surface area contributed by atoms with Crippen LogP contribution >= 0.6 is 0 Å². The van der Waals surface area contributed by atoms with Gasteiger partial charge in [0, 0.05) is 5.69 Å². The Bertz CT molecular complexity index is 399. The molecule has 0 aromatic heterocycles. The van der Waals surface area contributed by atoms with Crippen LogP contribution in [-0.4, -0.2) is 31.8 Å². The van der Waals surface area contributed by atoms with Crippen molar-refractivity contribution in [3.8, 4) is 0 Å². The van der Waals surface area contributed by atoms with Crippen molar-refractivity contribution in [1.29, 1.82) is 0 Å². The van der Waals surface area contributed by atoms with E-state index in [1.54, 1.807) is 0 Å². The fourth-order valence-corrected chi connectivity index (χ4v) is 1.71. The van der Waals surface area contributed by atoms with Crippen LogP contribution in [0.25, 0.3) is 0 Å². The second kappa shape index (κ2) is 4.14. The van der Waals surface area contributed by atoms with Crippen LogP contribution in [0.3, 0.4) is 0 Å². The molecule has 16 heavy (non-hydrogen) atoms. The van der Waals surface area contributed by atoms with Gasteiger partial charge in [0.1, 0.15) is 0 Å². The van der Waals surface area contributed by atoms with E-state index in [1.807, 2.05) is 31.2 Å². The van der Waals surface area contributed by atoms with Crippen LogP contribution in [0.4, 0.5) is 5.69 Å². The summed E-state index contributed by atoms with van der Waals surface area (Å²) in [5.74, 6) is -0.276. The number of carbonyl (C=O) groups excluding carboxylic acids is 1. The lowest BCUT2D eigenvalue weighted by Crippen LogP contribution is -2.62. The first-order valence-electron chi connectivity index (χ1n) is 5.18. The Morgan fingerprint density at radius 2 is 2.12 bits per heavy atom. The number of ether oxygens (including phenoxy) is 2. The van der Waals surface area contributed by atoms with E-state index in [0.717, 1.165) is 11.3 Å². The molecule has 4 heteroatoms. The largest absolute Gasteiger partial charge is 0.467 e. The molecule has 1 heterocycles. The van der Waals surface area contributed by atoms with E-state index in [-0.39, 0.29) is 5.97 Å². The molecule has 0 amide bonds. The molecule has 1 N–H and O–H groups in total. The molecule has 4 nitrogen and oxygen atoms in total. The maximum absolute atomic E-state index is 11.7. The number of benzene rings is 1. The van der Waals surface area contributed by atoms with Gasteiger partial charge >= 0.3 is 5.97 Å². The highest BCUT2D eigenvalue weighted by molar-refractivity contribution is 5.86. The Kier molecular flexibility index (Phi) is 2.83. The van der Waals surface area contributed by atoms with Crippen LogP contribution < -0.4 is 5.32 Å². The molecule has 1 aromatic rings. The zero-order valence-electron chi connectivity index (χ0n) is 9.45. The van der Waals surface area contributed by atoms with Crippen molar-refractivity contribution in [3.63, 3.8) is 0 Å². The lowest BCUT2D eigenvalue weighted by Gasteiger charge is -2.40. The van der Waals surface area contributed by atoms with E-state index < -0.39 is 5.54 Å². The Balaban J connectivity index is 2.19. The summed E-state index contributed by atoms with van der Waals surface area (Å²) in [6.45, 7) is 2.70. The zero-order valence-corrected chi connectivity index (χ0v) is 9.45. The topological polar surface area (TPSA) is 47.6 Å². The molecule has 86 valence electrons. The van der Waals surface area contributed by atoms with Crippen molar-refractivity contribution in [1.82, 2.24) is 0 Å². The predicted molar refractivity (Wildman–Crippen MR) is 60.4 cm³/mol. The number of esters is 1. The van der Waals surface area contributed by atoms with E-state index in [9.17, 15) is 4.79 Å². The predicted octanol–water partition coefficient (Wildman–Crippen LogP) is 1.35. The number of anilines is 1. The highest BCUT2D eigenvalue weighted by atomic mass is 16.5. The summed E-state index contributed by atoms with van der Waals surface area (Å²) in [7, 11) is 1.39. The maximum atomic E-state index is 11.7. The molecule has 0 atom stereocenters. The second-order valence-corrected chi connectivity index (χ2v) is 4.01. The van der Waals surface area contributed by atoms with E-state index in [1.165, 1.54) is 7.11 Å². The van der Waals surface area contributed by atoms with Crippen molar-refractivity contribution in [2.45, 2.75) is 12.5 Å². The smallest absolute Gasteiger partial charge is 0.336 e. The second-order valence-electron chi connectivity index (χ2n) is 4.01. The first-order chi connectivity index (χ1) is 7.68. The molecule has 1 aliphatic heterocycles. The molecule has 1 aromatic carbocycles. The average Bonchev–Trinajstić information content (AvgIpc) is 2.25. The Labute approximate surface area is 94.6 Å². The van der Waals surface area contributed by atoms with E-state index in [4.69, 9.17) is 9.47 Å². The molecule has 0 aliphatic carbocycles. The van der Waals surface area contributed by atoms with Crippen LogP contribution in [-0.2, 0) is 14.3 Å². The third-order valence-electron chi connectivity index (χ3n) is 2.79. The third-order valence-corrected chi connectivity index (χ3v) is 2.79. The van der Waals surface area contributed by atoms with Crippen LogP contribution in [0, 0.1) is 6.92 Å². The van der Waals surface area contributed by atoms with Crippen molar-refractivity contribution >= 4 is 11.7 Å². The van der Waals surface area contributed by atoms with E-state index in [2.05, 4.69) is 5.32 Å². The summed E-state index contributed by atoms with van der Waals surface area (Å²) in [6.07, 6.45) is 0. The highest BCUT2D eigenvalue weighted by Crippen LogP contribution is 2.26. The number of nitrogens with one attached hydrogen (secondary N) is 1. The van der Waals surface area contributed by atoms with Crippen LogP contribution in [0.5, 0.6) is 0 Å². The van der Waals surface area contributed by atoms with Gasteiger partial charge in [-0.15, -0.1) is 0 Å². The Hall–Kier alpha value is -1.55. The summed E-state index contributed by atoms with van der Waals surface area (Å²) in [4.78, 5) is 11.7. The number of carbonyl (C=O) groups is 1. The molecule has 0 saturated carbocycles. The lowest BCUT2D eigenvalue weighted by atomic mass is 9.96. The van der Waals surface area contributed by atoms with E-state index in [0.29, 0.717) is 13.2 Å². The monoisotopic (exact) mass is 221 g/mol. The van der Waals surface area contributed by atoms with E-state index >= 15 is 0 Å². The van der Waals surface area contributed by atoms with Crippen LogP contribution in [0.1, 0.15) is 5.56 Å². The van der Waals surface area contributed by atoms with Crippen molar-refractivity contribution in [2.75, 3.05) is 25.6 Å². The quantitative estimate of drug-likeness (QED) is 0.783. The number of para-hydroxylation sites is 1. The zero-order chi connectivity index (χ0) is 11.6. The van der Waals surface area contributed by atoms with Crippen molar-refractivity contribution in [2.24, 2.45) is 0 Å². The van der Waals surface area contributed by atoms with Gasteiger partial charge < -0.3 is 14.8 Å². The van der Waals surface area contributed by atoms with Gasteiger partial charge in [-0.1, -0.05) is 18.2 Å². The molecule has 0 bridgehead atoms. The number of hydrogen-bond donors (Lipinski definition) is 1. The molecular weight excluding hydrogens is 206 g/mol. The minimum absolute atomic E-state index is 0.276. The molecular formula is C12H15NO3. The van der Waals surface area contributed by atoms with Gasteiger partial charge in [0.15, 0.2) is 5.54 Å². The minimum atomic E-state index is -0.707. The fraction of sp³-hybridized carbons (Fsp3) is 0.417. The van der Waals surface area contributed by atoms with Crippen molar-refractivity contribution in [3.05, 3.63) is 29.8 Å². The SMILES string of the molecule is COC(=O)C1(Nc2ccccc2C)COC1. The number of hydrogen-bond acceptors (Lipinski definition) is 4. The average molecular weight is 221 g/mol. The molecule has 0 spiro atoms. The summed E-state index contributed by atoms with van der Waals surface area (Å²) < 4.78 is 9.90.